The number of halogens is 2. The number of benzene rings is 1. The standard InChI is InChI=1S/C27H36ClFNO/c1-17-15-18-20-7-6-12-26(20,2)13-10-21(18)27(3)14-11-24(31)30(4,25(17)27)16-19-22(28)8-5-9-23(19)29/h5,8-9,18,20-21H,6-7,10-16H2,1-4H3/q+1/t18-,20-,21-,26-,27+,30?/m0/s1. The minimum Gasteiger partial charge on any atom is -0.230 e. The number of hydrogen-bond acceptors (Lipinski definition) is 1. The van der Waals surface area contributed by atoms with E-state index in [-0.39, 0.29) is 21.6 Å². The van der Waals surface area contributed by atoms with Gasteiger partial charge in [-0.3, -0.25) is 0 Å². The number of fused-ring (bicyclic) bond motifs is 5. The van der Waals surface area contributed by atoms with Gasteiger partial charge < -0.3 is 0 Å². The van der Waals surface area contributed by atoms with Crippen LogP contribution in [0.4, 0.5) is 4.39 Å². The predicted octanol–water partition coefficient (Wildman–Crippen LogP) is 7.26. The fourth-order valence-electron chi connectivity index (χ4n) is 8.66. The van der Waals surface area contributed by atoms with Gasteiger partial charge in [-0.2, -0.15) is 0 Å². The van der Waals surface area contributed by atoms with E-state index in [1.54, 1.807) is 12.1 Å². The van der Waals surface area contributed by atoms with Crippen molar-refractivity contribution < 1.29 is 13.7 Å². The lowest BCUT2D eigenvalue weighted by atomic mass is 9.48. The molecule has 1 aromatic carbocycles. The minimum absolute atomic E-state index is 0.0112. The van der Waals surface area contributed by atoms with E-state index < -0.39 is 0 Å². The van der Waals surface area contributed by atoms with Crippen molar-refractivity contribution in [2.24, 2.45) is 28.6 Å². The van der Waals surface area contributed by atoms with Crippen LogP contribution in [0, 0.1) is 34.4 Å². The Morgan fingerprint density at radius 2 is 1.94 bits per heavy atom. The van der Waals surface area contributed by atoms with Crippen molar-refractivity contribution in [1.82, 2.24) is 0 Å². The molecule has 0 radical (unpaired) electrons. The van der Waals surface area contributed by atoms with Crippen molar-refractivity contribution >= 4 is 17.5 Å². The fourth-order valence-corrected chi connectivity index (χ4v) is 8.89. The number of quaternary nitrogens is 1. The molecule has 3 aliphatic carbocycles. The summed E-state index contributed by atoms with van der Waals surface area (Å²) in [6, 6.07) is 4.83. The average molecular weight is 445 g/mol. The number of carbonyl (C=O) groups excluding carboxylic acids is 1. The molecular formula is C27H36ClFNO+. The number of carbonyl (C=O) groups is 1. The maximum absolute atomic E-state index is 14.8. The molecule has 5 rings (SSSR count). The van der Waals surface area contributed by atoms with Crippen molar-refractivity contribution in [3.63, 3.8) is 0 Å². The Kier molecular flexibility index (Phi) is 4.99. The molecule has 4 heteroatoms. The summed E-state index contributed by atoms with van der Waals surface area (Å²) in [7, 11) is 2.02. The van der Waals surface area contributed by atoms with Crippen molar-refractivity contribution in [2.45, 2.75) is 78.7 Å². The van der Waals surface area contributed by atoms with Gasteiger partial charge in [0.2, 0.25) is 0 Å². The van der Waals surface area contributed by atoms with Crippen molar-refractivity contribution in [2.75, 3.05) is 7.05 Å². The molecule has 3 fully saturated rings. The Morgan fingerprint density at radius 1 is 1.16 bits per heavy atom. The maximum atomic E-state index is 14.8. The minimum atomic E-state index is -0.307. The van der Waals surface area contributed by atoms with Gasteiger partial charge in [0.25, 0.3) is 0 Å². The molecule has 1 heterocycles. The molecule has 168 valence electrons. The summed E-state index contributed by atoms with van der Waals surface area (Å²) in [5.41, 5.74) is 3.64. The zero-order chi connectivity index (χ0) is 22.2. The molecule has 31 heavy (non-hydrogen) atoms. The summed E-state index contributed by atoms with van der Waals surface area (Å²) < 4.78 is 14.9. The first kappa shape index (κ1) is 21.6. The topological polar surface area (TPSA) is 17.1 Å². The lowest BCUT2D eigenvalue weighted by Gasteiger charge is -2.59. The monoisotopic (exact) mass is 444 g/mol. The normalized spacial score (nSPS) is 42.3. The molecule has 2 nitrogen and oxygen atoms in total. The van der Waals surface area contributed by atoms with Gasteiger partial charge in [0.1, 0.15) is 18.1 Å². The lowest BCUT2D eigenvalue weighted by Crippen LogP contribution is -2.61. The Hall–Kier alpha value is -1.19. The molecule has 1 aliphatic heterocycles. The van der Waals surface area contributed by atoms with Crippen molar-refractivity contribution in [3.05, 3.63) is 45.9 Å². The predicted molar refractivity (Wildman–Crippen MR) is 123 cm³/mol. The van der Waals surface area contributed by atoms with E-state index in [2.05, 4.69) is 20.8 Å². The van der Waals surface area contributed by atoms with Gasteiger partial charge in [0.15, 0.2) is 0 Å². The SMILES string of the molecule is CC1=C2[C@](C)(CCC(=O)[N+]2(C)Cc2c(F)cccc2Cl)[C@H]2CC[C@]3(C)CCC[C@H]3[C@@H]2C1. The quantitative estimate of drug-likeness (QED) is 0.438. The third-order valence-electron chi connectivity index (χ3n) is 9.96. The highest BCUT2D eigenvalue weighted by Crippen LogP contribution is 2.66. The second-order valence-electron chi connectivity index (χ2n) is 11.7. The highest BCUT2D eigenvalue weighted by atomic mass is 35.5. The lowest BCUT2D eigenvalue weighted by molar-refractivity contribution is -0.822. The van der Waals surface area contributed by atoms with Crippen LogP contribution in [-0.4, -0.2) is 17.4 Å². The average Bonchev–Trinajstić information content (AvgIpc) is 3.10. The van der Waals surface area contributed by atoms with Gasteiger partial charge in [-0.1, -0.05) is 37.9 Å². The molecule has 1 aromatic rings. The van der Waals surface area contributed by atoms with Crippen LogP contribution in [0.3, 0.4) is 0 Å². The van der Waals surface area contributed by atoms with E-state index in [0.29, 0.717) is 34.9 Å². The first-order chi connectivity index (χ1) is 14.6. The van der Waals surface area contributed by atoms with E-state index in [1.165, 1.54) is 49.4 Å². The highest BCUT2D eigenvalue weighted by Gasteiger charge is 2.62. The Bertz CT molecular complexity index is 952. The molecule has 0 bridgehead atoms. The van der Waals surface area contributed by atoms with Gasteiger partial charge in [0, 0.05) is 5.41 Å². The Morgan fingerprint density at radius 3 is 2.68 bits per heavy atom. The van der Waals surface area contributed by atoms with Gasteiger partial charge in [-0.15, -0.1) is 0 Å². The highest BCUT2D eigenvalue weighted by molar-refractivity contribution is 6.31. The Balaban J connectivity index is 1.60. The summed E-state index contributed by atoms with van der Waals surface area (Å²) in [6.07, 6.45) is 9.30. The first-order valence-electron chi connectivity index (χ1n) is 12.1. The van der Waals surface area contributed by atoms with Crippen LogP contribution in [-0.2, 0) is 11.3 Å². The molecule has 2 saturated carbocycles. The maximum Gasteiger partial charge on any atom is 0.318 e. The fraction of sp³-hybridized carbons (Fsp3) is 0.667. The van der Waals surface area contributed by atoms with Gasteiger partial charge in [-0.05, 0) is 86.3 Å². The van der Waals surface area contributed by atoms with Gasteiger partial charge in [-0.25, -0.2) is 13.7 Å². The van der Waals surface area contributed by atoms with Crippen LogP contribution in [0.25, 0.3) is 0 Å². The summed E-state index contributed by atoms with van der Waals surface area (Å²) in [5, 5.41) is 0.422. The summed E-state index contributed by atoms with van der Waals surface area (Å²) in [6.45, 7) is 7.52. The second kappa shape index (κ2) is 7.15. The van der Waals surface area contributed by atoms with Crippen LogP contribution in [0.1, 0.15) is 77.7 Å². The molecule has 4 aliphatic rings. The molecule has 0 spiro atoms. The summed E-state index contributed by atoms with van der Waals surface area (Å²) >= 11 is 6.41. The number of hydrogen-bond donors (Lipinski definition) is 0. The van der Waals surface area contributed by atoms with Crippen molar-refractivity contribution in [1.29, 1.82) is 0 Å². The van der Waals surface area contributed by atoms with Gasteiger partial charge in [0.05, 0.1) is 24.1 Å². The molecule has 0 N–H and O–H groups in total. The summed E-state index contributed by atoms with van der Waals surface area (Å²) in [5.74, 6) is 2.07. The zero-order valence-corrected chi connectivity index (χ0v) is 20.2. The second-order valence-corrected chi connectivity index (χ2v) is 12.1. The number of allylic oxidation sites excluding steroid dienone is 2. The molecule has 6 atom stereocenters. The van der Waals surface area contributed by atoms with Crippen LogP contribution in [0.2, 0.25) is 5.02 Å². The molecule has 1 amide bonds. The van der Waals surface area contributed by atoms with E-state index >= 15 is 0 Å². The molecule has 1 unspecified atom stereocenters. The van der Waals surface area contributed by atoms with Gasteiger partial charge >= 0.3 is 5.91 Å². The number of likely N-dealkylation sites (tertiary alicyclic amines) is 1. The van der Waals surface area contributed by atoms with Crippen LogP contribution in [0.15, 0.2) is 29.5 Å². The van der Waals surface area contributed by atoms with E-state index in [9.17, 15) is 9.18 Å². The zero-order valence-electron chi connectivity index (χ0n) is 19.4. The number of rotatable bonds is 2. The third kappa shape index (κ3) is 3.02. The van der Waals surface area contributed by atoms with E-state index in [4.69, 9.17) is 11.6 Å². The Labute approximate surface area is 191 Å². The number of amides is 1. The first-order valence-corrected chi connectivity index (χ1v) is 12.5. The smallest absolute Gasteiger partial charge is 0.230 e. The van der Waals surface area contributed by atoms with E-state index in [0.717, 1.165) is 24.7 Å². The molecule has 0 aromatic heterocycles. The van der Waals surface area contributed by atoms with E-state index in [1.807, 2.05) is 7.05 Å². The largest absolute Gasteiger partial charge is 0.318 e. The summed E-state index contributed by atoms with van der Waals surface area (Å²) in [4.78, 5) is 13.5. The van der Waals surface area contributed by atoms with Crippen LogP contribution < -0.4 is 0 Å². The molecular weight excluding hydrogens is 409 g/mol. The number of nitrogens with zero attached hydrogens (tertiary/aromatic N) is 1. The van der Waals surface area contributed by atoms with Crippen LogP contribution >= 0.6 is 11.6 Å². The molecule has 1 saturated heterocycles. The number of piperidine rings is 1. The third-order valence-corrected chi connectivity index (χ3v) is 10.3. The van der Waals surface area contributed by atoms with Crippen LogP contribution in [0.5, 0.6) is 0 Å². The van der Waals surface area contributed by atoms with Crippen molar-refractivity contribution in [3.8, 4) is 0 Å².